The summed E-state index contributed by atoms with van der Waals surface area (Å²) < 4.78 is 27.9. The van der Waals surface area contributed by atoms with Crippen LogP contribution in [0.2, 0.25) is 10.0 Å². The van der Waals surface area contributed by atoms with Gasteiger partial charge in [0.2, 0.25) is 10.0 Å². The molecular weight excluding hydrogens is 325 g/mol. The third-order valence-electron chi connectivity index (χ3n) is 2.27. The molecule has 0 aliphatic heterocycles. The van der Waals surface area contributed by atoms with Gasteiger partial charge in [-0.1, -0.05) is 23.2 Å². The second-order valence-electron chi connectivity index (χ2n) is 3.71. The lowest BCUT2D eigenvalue weighted by atomic mass is 10.3. The molecule has 0 radical (unpaired) electrons. The highest BCUT2D eigenvalue weighted by molar-refractivity contribution is 7.89. The minimum Gasteiger partial charge on any atom is -0.484 e. The monoisotopic (exact) mass is 333 g/mol. The third kappa shape index (κ3) is 3.57. The summed E-state index contributed by atoms with van der Waals surface area (Å²) in [5.74, 6) is 0.673. The van der Waals surface area contributed by atoms with Crippen molar-refractivity contribution in [3.05, 3.63) is 46.5 Å². The molecule has 0 atom stereocenters. The van der Waals surface area contributed by atoms with Crippen molar-refractivity contribution in [3.8, 4) is 5.75 Å². The summed E-state index contributed by atoms with van der Waals surface area (Å²) in [6, 6.07) is 4.10. The molecule has 0 amide bonds. The van der Waals surface area contributed by atoms with E-state index in [9.17, 15) is 8.42 Å². The van der Waals surface area contributed by atoms with Crippen LogP contribution in [0.5, 0.6) is 5.75 Å². The summed E-state index contributed by atoms with van der Waals surface area (Å²) in [7, 11) is -3.94. The minimum atomic E-state index is -3.94. The average molecular weight is 334 g/mol. The van der Waals surface area contributed by atoms with Gasteiger partial charge in [0.25, 0.3) is 0 Å². The van der Waals surface area contributed by atoms with Gasteiger partial charge in [-0.15, -0.1) is 0 Å². The number of nitrogens with zero attached hydrogens (tertiary/aromatic N) is 2. The number of aromatic nitrogens is 2. The summed E-state index contributed by atoms with van der Waals surface area (Å²) in [4.78, 5) is 7.69. The SMILES string of the molecule is NS(=O)(=O)c1cc(Cl)c(OCc2ncccn2)cc1Cl. The molecule has 9 heteroatoms. The van der Waals surface area contributed by atoms with Crippen molar-refractivity contribution in [1.82, 2.24) is 9.97 Å². The predicted octanol–water partition coefficient (Wildman–Crippen LogP) is 2.01. The van der Waals surface area contributed by atoms with E-state index in [1.54, 1.807) is 18.5 Å². The quantitative estimate of drug-likeness (QED) is 0.923. The fraction of sp³-hybridized carbons (Fsp3) is 0.0909. The maximum absolute atomic E-state index is 11.3. The van der Waals surface area contributed by atoms with E-state index in [0.29, 0.717) is 5.82 Å². The Bertz CT molecular complexity index is 723. The Morgan fingerprint density at radius 2 is 1.80 bits per heavy atom. The largest absolute Gasteiger partial charge is 0.484 e. The molecule has 0 aliphatic carbocycles. The van der Waals surface area contributed by atoms with Gasteiger partial charge in [-0.2, -0.15) is 0 Å². The molecule has 1 aromatic carbocycles. The maximum Gasteiger partial charge on any atom is 0.239 e. The van der Waals surface area contributed by atoms with E-state index in [1.165, 1.54) is 6.07 Å². The summed E-state index contributed by atoms with van der Waals surface area (Å²) in [5.41, 5.74) is 0. The molecule has 2 aromatic rings. The fourth-order valence-electron chi connectivity index (χ4n) is 1.39. The maximum atomic E-state index is 11.3. The number of primary sulfonamides is 1. The van der Waals surface area contributed by atoms with Crippen molar-refractivity contribution in [2.45, 2.75) is 11.5 Å². The first-order valence-corrected chi connectivity index (χ1v) is 7.58. The third-order valence-corrected chi connectivity index (χ3v) is 3.94. The topological polar surface area (TPSA) is 95.2 Å². The highest BCUT2D eigenvalue weighted by Crippen LogP contribution is 2.33. The molecule has 0 bridgehead atoms. The van der Waals surface area contributed by atoms with E-state index in [2.05, 4.69) is 9.97 Å². The van der Waals surface area contributed by atoms with Crippen LogP contribution >= 0.6 is 23.2 Å². The van der Waals surface area contributed by atoms with Gasteiger partial charge in [0.05, 0.1) is 10.0 Å². The Morgan fingerprint density at radius 3 is 2.40 bits per heavy atom. The van der Waals surface area contributed by atoms with Crippen LogP contribution in [0.1, 0.15) is 5.82 Å². The molecule has 2 N–H and O–H groups in total. The van der Waals surface area contributed by atoms with E-state index in [0.717, 1.165) is 6.07 Å². The van der Waals surface area contributed by atoms with Crippen molar-refractivity contribution in [1.29, 1.82) is 0 Å². The molecular formula is C11H9Cl2N3O3S. The Morgan fingerprint density at radius 1 is 1.15 bits per heavy atom. The van der Waals surface area contributed by atoms with Gasteiger partial charge < -0.3 is 4.74 Å². The summed E-state index contributed by atoms with van der Waals surface area (Å²) in [5, 5.41) is 5.02. The number of rotatable bonds is 4. The van der Waals surface area contributed by atoms with Crippen LogP contribution in [0.4, 0.5) is 0 Å². The van der Waals surface area contributed by atoms with E-state index < -0.39 is 10.0 Å². The number of hydrogen-bond donors (Lipinski definition) is 1. The standard InChI is InChI=1S/C11H9Cl2N3O3S/c12-7-5-10(20(14,17)18)8(13)4-9(7)19-6-11-15-2-1-3-16-11/h1-5H,6H2,(H2,14,17,18). The molecule has 0 aliphatic rings. The molecule has 0 saturated heterocycles. The lowest BCUT2D eigenvalue weighted by molar-refractivity contribution is 0.296. The van der Waals surface area contributed by atoms with Gasteiger partial charge in [-0.3, -0.25) is 0 Å². The second kappa shape index (κ2) is 5.92. The zero-order valence-electron chi connectivity index (χ0n) is 9.95. The Hall–Kier alpha value is -1.41. The highest BCUT2D eigenvalue weighted by atomic mass is 35.5. The fourth-order valence-corrected chi connectivity index (χ4v) is 2.76. The number of hydrogen-bond acceptors (Lipinski definition) is 5. The molecule has 0 spiro atoms. The van der Waals surface area contributed by atoms with Crippen molar-refractivity contribution >= 4 is 33.2 Å². The van der Waals surface area contributed by atoms with Crippen LogP contribution in [0.15, 0.2) is 35.5 Å². The van der Waals surface area contributed by atoms with Crippen molar-refractivity contribution in [3.63, 3.8) is 0 Å². The van der Waals surface area contributed by atoms with Gasteiger partial charge in [-0.25, -0.2) is 23.5 Å². The first-order chi connectivity index (χ1) is 9.38. The minimum absolute atomic E-state index is 0.0686. The Kier molecular flexibility index (Phi) is 4.44. The van der Waals surface area contributed by atoms with Crippen molar-refractivity contribution in [2.75, 3.05) is 0 Å². The number of sulfonamides is 1. The molecule has 106 valence electrons. The zero-order chi connectivity index (χ0) is 14.8. The van der Waals surface area contributed by atoms with Crippen LogP contribution in [0.3, 0.4) is 0 Å². The molecule has 0 fully saturated rings. The van der Waals surface area contributed by atoms with Crippen LogP contribution in [0.25, 0.3) is 0 Å². The lowest BCUT2D eigenvalue weighted by Gasteiger charge is -2.09. The molecule has 1 aromatic heterocycles. The average Bonchev–Trinajstić information content (AvgIpc) is 2.39. The number of nitrogens with two attached hydrogens (primary N) is 1. The molecule has 0 unspecified atom stereocenters. The summed E-state index contributed by atoms with van der Waals surface area (Å²) in [6.45, 7) is 0.0750. The first-order valence-electron chi connectivity index (χ1n) is 5.28. The van der Waals surface area contributed by atoms with Gasteiger partial charge in [0, 0.05) is 18.5 Å². The van der Waals surface area contributed by atoms with Crippen LogP contribution in [-0.4, -0.2) is 18.4 Å². The van der Waals surface area contributed by atoms with Crippen molar-refractivity contribution in [2.24, 2.45) is 5.14 Å². The summed E-state index contributed by atoms with van der Waals surface area (Å²) in [6.07, 6.45) is 3.15. The molecule has 1 heterocycles. The Balaban J connectivity index is 2.24. The van der Waals surface area contributed by atoms with E-state index >= 15 is 0 Å². The number of halogens is 2. The van der Waals surface area contributed by atoms with Gasteiger partial charge in [0.1, 0.15) is 17.3 Å². The molecule has 2 rings (SSSR count). The van der Waals surface area contributed by atoms with E-state index in [-0.39, 0.29) is 27.3 Å². The molecule has 0 saturated carbocycles. The van der Waals surface area contributed by atoms with Gasteiger partial charge in [-0.05, 0) is 12.1 Å². The highest BCUT2D eigenvalue weighted by Gasteiger charge is 2.17. The number of benzene rings is 1. The molecule has 6 nitrogen and oxygen atoms in total. The lowest BCUT2D eigenvalue weighted by Crippen LogP contribution is -2.13. The number of ether oxygens (including phenoxy) is 1. The summed E-state index contributed by atoms with van der Waals surface area (Å²) >= 11 is 11.8. The van der Waals surface area contributed by atoms with E-state index in [1.807, 2.05) is 0 Å². The van der Waals surface area contributed by atoms with Gasteiger partial charge in [0.15, 0.2) is 5.82 Å². The molecule has 20 heavy (non-hydrogen) atoms. The Labute approximate surface area is 125 Å². The predicted molar refractivity (Wildman–Crippen MR) is 74.2 cm³/mol. The van der Waals surface area contributed by atoms with Crippen LogP contribution < -0.4 is 9.88 Å². The van der Waals surface area contributed by atoms with E-state index in [4.69, 9.17) is 33.1 Å². The van der Waals surface area contributed by atoms with Crippen molar-refractivity contribution < 1.29 is 13.2 Å². The van der Waals surface area contributed by atoms with Crippen LogP contribution in [0, 0.1) is 0 Å². The van der Waals surface area contributed by atoms with Crippen LogP contribution in [-0.2, 0) is 16.6 Å². The normalized spacial score (nSPS) is 11.3. The van der Waals surface area contributed by atoms with Gasteiger partial charge >= 0.3 is 0 Å². The smallest absolute Gasteiger partial charge is 0.239 e. The first kappa shape index (κ1) is 15.0. The second-order valence-corrected chi connectivity index (χ2v) is 6.06. The zero-order valence-corrected chi connectivity index (χ0v) is 12.3.